The number of likely N-dealkylation sites (tertiary alicyclic amines) is 1. The van der Waals surface area contributed by atoms with Gasteiger partial charge in [0.15, 0.2) is 0 Å². The van der Waals surface area contributed by atoms with Crippen LogP contribution >= 0.6 is 0 Å². The minimum absolute atomic E-state index is 0.154. The summed E-state index contributed by atoms with van der Waals surface area (Å²) >= 11 is 0. The molecule has 0 spiro atoms. The molecule has 1 saturated heterocycles. The Labute approximate surface area is 159 Å². The number of piperidine rings is 1. The van der Waals surface area contributed by atoms with E-state index < -0.39 is 0 Å². The zero-order chi connectivity index (χ0) is 18.4. The van der Waals surface area contributed by atoms with Crippen LogP contribution in [-0.2, 0) is 11.8 Å². The van der Waals surface area contributed by atoms with Crippen LogP contribution in [0.15, 0.2) is 48.8 Å². The quantitative estimate of drug-likeness (QED) is 0.750. The third-order valence-corrected chi connectivity index (χ3v) is 6.60. The fourth-order valence-electron chi connectivity index (χ4n) is 5.42. The van der Waals surface area contributed by atoms with Gasteiger partial charge in [0.05, 0.1) is 17.4 Å². The third-order valence-electron chi connectivity index (χ3n) is 6.60. The number of aromatic amines is 1. The Morgan fingerprint density at radius 1 is 1.30 bits per heavy atom. The van der Waals surface area contributed by atoms with Gasteiger partial charge in [-0.2, -0.15) is 0 Å². The minimum Gasteiger partial charge on any atom is -0.345 e. The number of fused-ring (bicyclic) bond motifs is 5. The minimum atomic E-state index is 0.154. The summed E-state index contributed by atoms with van der Waals surface area (Å²) in [4.78, 5) is 22.8. The lowest BCUT2D eigenvalue weighted by molar-refractivity contribution is 0.0450. The number of aromatic nitrogens is 2. The molecule has 1 amide bonds. The van der Waals surface area contributed by atoms with Crippen LogP contribution in [0.1, 0.15) is 54.1 Å². The molecule has 2 heterocycles. The molecule has 2 aliphatic rings. The maximum absolute atomic E-state index is 13.3. The van der Waals surface area contributed by atoms with Gasteiger partial charge >= 0.3 is 0 Å². The fraction of sp³-hybridized carbons (Fsp3) is 0.391. The monoisotopic (exact) mass is 359 g/mol. The van der Waals surface area contributed by atoms with Gasteiger partial charge in [-0.3, -0.25) is 4.79 Å². The molecular formula is C23H25N3O. The number of carbonyl (C=O) groups is 1. The van der Waals surface area contributed by atoms with Crippen molar-refractivity contribution in [2.24, 2.45) is 0 Å². The van der Waals surface area contributed by atoms with Gasteiger partial charge < -0.3 is 9.88 Å². The highest BCUT2D eigenvalue weighted by Gasteiger charge is 2.46. The van der Waals surface area contributed by atoms with Crippen LogP contribution in [0.5, 0.6) is 0 Å². The summed E-state index contributed by atoms with van der Waals surface area (Å²) in [6.07, 6.45) is 7.20. The highest BCUT2D eigenvalue weighted by Crippen LogP contribution is 2.48. The van der Waals surface area contributed by atoms with E-state index in [1.807, 2.05) is 18.2 Å². The van der Waals surface area contributed by atoms with Crippen molar-refractivity contribution in [1.29, 1.82) is 0 Å². The predicted octanol–water partition coefficient (Wildman–Crippen LogP) is 4.46. The van der Waals surface area contributed by atoms with Crippen molar-refractivity contribution in [3.05, 3.63) is 65.5 Å². The van der Waals surface area contributed by atoms with Gasteiger partial charge in [0, 0.05) is 18.2 Å². The van der Waals surface area contributed by atoms with Gasteiger partial charge in [-0.05, 0) is 60.4 Å². The van der Waals surface area contributed by atoms with E-state index in [-0.39, 0.29) is 11.3 Å². The maximum Gasteiger partial charge on any atom is 0.254 e. The van der Waals surface area contributed by atoms with Crippen molar-refractivity contribution in [3.8, 4) is 0 Å². The van der Waals surface area contributed by atoms with Crippen LogP contribution in [-0.4, -0.2) is 33.4 Å². The molecule has 1 aliphatic carbocycles. The first-order chi connectivity index (χ1) is 13.2. The number of imidazole rings is 1. The second kappa shape index (κ2) is 6.22. The van der Waals surface area contributed by atoms with Crippen molar-refractivity contribution in [2.75, 3.05) is 6.54 Å². The van der Waals surface area contributed by atoms with Crippen molar-refractivity contribution in [3.63, 3.8) is 0 Å². The van der Waals surface area contributed by atoms with Crippen LogP contribution in [0.3, 0.4) is 0 Å². The van der Waals surface area contributed by atoms with Gasteiger partial charge in [0.2, 0.25) is 0 Å². The van der Waals surface area contributed by atoms with Crippen LogP contribution in [0, 0.1) is 0 Å². The Hall–Kier alpha value is -2.62. The Morgan fingerprint density at radius 2 is 2.19 bits per heavy atom. The number of nitrogens with one attached hydrogen (secondary N) is 1. The molecule has 3 aromatic rings. The van der Waals surface area contributed by atoms with Crippen LogP contribution in [0.4, 0.5) is 0 Å². The standard InChI is InChI=1S/C23H25N3O/c1-2-9-23-10-11-26(18(14-23)12-16-5-3-4-6-19(16)23)22(27)17-7-8-20-21(13-17)25-15-24-20/h3-8,13,15,18H,2,9-12,14H2,1H3,(H,24,25). The Morgan fingerprint density at radius 3 is 3.07 bits per heavy atom. The summed E-state index contributed by atoms with van der Waals surface area (Å²) in [7, 11) is 0. The first kappa shape index (κ1) is 16.5. The average Bonchev–Trinajstić information content (AvgIpc) is 3.16. The summed E-state index contributed by atoms with van der Waals surface area (Å²) in [6.45, 7) is 3.12. The summed E-state index contributed by atoms with van der Waals surface area (Å²) in [5, 5.41) is 0. The van der Waals surface area contributed by atoms with Gasteiger partial charge in [-0.15, -0.1) is 0 Å². The maximum atomic E-state index is 13.3. The van der Waals surface area contributed by atoms with E-state index in [0.29, 0.717) is 6.04 Å². The largest absolute Gasteiger partial charge is 0.345 e. The molecule has 2 aromatic carbocycles. The van der Waals surface area contributed by atoms with Crippen LogP contribution in [0.25, 0.3) is 11.0 Å². The first-order valence-electron chi connectivity index (χ1n) is 10.0. The Kier molecular flexibility index (Phi) is 3.81. The zero-order valence-corrected chi connectivity index (χ0v) is 15.7. The van der Waals surface area contributed by atoms with E-state index in [9.17, 15) is 4.79 Å². The number of nitrogens with zero attached hydrogens (tertiary/aromatic N) is 2. The lowest BCUT2D eigenvalue weighted by Crippen LogP contribution is -2.55. The molecule has 0 radical (unpaired) electrons. The first-order valence-corrected chi connectivity index (χ1v) is 10.0. The van der Waals surface area contributed by atoms with Gasteiger partial charge in [-0.1, -0.05) is 37.6 Å². The predicted molar refractivity (Wildman–Crippen MR) is 107 cm³/mol. The fourth-order valence-corrected chi connectivity index (χ4v) is 5.42. The molecular weight excluding hydrogens is 334 g/mol. The van der Waals surface area contributed by atoms with E-state index in [1.165, 1.54) is 24.0 Å². The highest BCUT2D eigenvalue weighted by atomic mass is 16.2. The molecule has 1 aromatic heterocycles. The highest BCUT2D eigenvalue weighted by molar-refractivity contribution is 5.97. The SMILES string of the molecule is CCCC12CCN(C(=O)c3ccc4nc[nH]c4c3)C(Cc3ccccc31)C2. The van der Waals surface area contributed by atoms with Gasteiger partial charge in [0.25, 0.3) is 5.91 Å². The Balaban J connectivity index is 1.49. The number of benzene rings is 2. The van der Waals surface area contributed by atoms with E-state index in [4.69, 9.17) is 0 Å². The van der Waals surface area contributed by atoms with E-state index in [1.54, 1.807) is 6.33 Å². The Bertz CT molecular complexity index is 1010. The van der Waals surface area contributed by atoms with Gasteiger partial charge in [-0.25, -0.2) is 4.98 Å². The molecule has 2 bridgehead atoms. The topological polar surface area (TPSA) is 49.0 Å². The lowest BCUT2D eigenvalue weighted by Gasteiger charge is -2.51. The molecule has 138 valence electrons. The third kappa shape index (κ3) is 2.58. The number of hydrogen-bond acceptors (Lipinski definition) is 2. The number of H-pyrrole nitrogens is 1. The zero-order valence-electron chi connectivity index (χ0n) is 15.7. The van der Waals surface area contributed by atoms with Crippen molar-refractivity contribution in [2.45, 2.75) is 50.5 Å². The molecule has 1 aliphatic heterocycles. The lowest BCUT2D eigenvalue weighted by atomic mass is 9.62. The smallest absolute Gasteiger partial charge is 0.254 e. The van der Waals surface area contributed by atoms with E-state index in [2.05, 4.69) is 46.1 Å². The second-order valence-corrected chi connectivity index (χ2v) is 8.13. The summed E-state index contributed by atoms with van der Waals surface area (Å²) in [5.41, 5.74) is 5.80. The number of carbonyl (C=O) groups excluding carboxylic acids is 1. The second-order valence-electron chi connectivity index (χ2n) is 8.13. The summed E-state index contributed by atoms with van der Waals surface area (Å²) in [5.74, 6) is 0.154. The molecule has 27 heavy (non-hydrogen) atoms. The molecule has 4 nitrogen and oxygen atoms in total. The van der Waals surface area contributed by atoms with E-state index >= 15 is 0 Å². The number of rotatable bonds is 3. The van der Waals surface area contributed by atoms with Crippen molar-refractivity contribution < 1.29 is 4.79 Å². The average molecular weight is 359 g/mol. The molecule has 2 atom stereocenters. The van der Waals surface area contributed by atoms with Crippen LogP contribution in [0.2, 0.25) is 0 Å². The summed E-state index contributed by atoms with van der Waals surface area (Å²) in [6, 6.07) is 15.0. The molecule has 5 rings (SSSR count). The van der Waals surface area contributed by atoms with E-state index in [0.717, 1.165) is 42.4 Å². The molecule has 2 unspecified atom stereocenters. The van der Waals surface area contributed by atoms with Crippen LogP contribution < -0.4 is 0 Å². The normalized spacial score (nSPS) is 24.0. The molecule has 0 saturated carbocycles. The number of amides is 1. The van der Waals surface area contributed by atoms with Gasteiger partial charge in [0.1, 0.15) is 0 Å². The summed E-state index contributed by atoms with van der Waals surface area (Å²) < 4.78 is 0. The van der Waals surface area contributed by atoms with Crippen molar-refractivity contribution >= 4 is 16.9 Å². The number of hydrogen-bond donors (Lipinski definition) is 1. The molecule has 4 heteroatoms. The molecule has 1 fully saturated rings. The molecule has 1 N–H and O–H groups in total. The van der Waals surface area contributed by atoms with Crippen molar-refractivity contribution in [1.82, 2.24) is 14.9 Å².